The maximum atomic E-state index is 12.6. The second kappa shape index (κ2) is 8.13. The predicted octanol–water partition coefficient (Wildman–Crippen LogP) is 2.20. The third-order valence-corrected chi connectivity index (χ3v) is 4.40. The second-order valence-electron chi connectivity index (χ2n) is 6.04. The number of nitro groups is 1. The van der Waals surface area contributed by atoms with E-state index in [0.717, 1.165) is 0 Å². The van der Waals surface area contributed by atoms with E-state index in [1.54, 1.807) is 29.2 Å². The van der Waals surface area contributed by atoms with Gasteiger partial charge in [-0.15, -0.1) is 0 Å². The van der Waals surface area contributed by atoms with Crippen LogP contribution in [0.5, 0.6) is 5.75 Å². The number of benzene rings is 2. The Morgan fingerprint density at radius 2 is 2.07 bits per heavy atom. The standard InChI is InChI=1S/C18H17ClN4O5/c1-20-18(25)16-9-22(14-4-2-3-5-15(14)28-16)10-17(24)21-12-8-11(19)6-7-13(12)23(26)27/h2-8,16H,9-10H2,1H3,(H,20,25)(H,21,24)/t16-/m1/s1. The minimum Gasteiger partial charge on any atom is -0.477 e. The summed E-state index contributed by atoms with van der Waals surface area (Å²) in [6, 6.07) is 10.9. The Bertz CT molecular complexity index is 936. The number of para-hydroxylation sites is 2. The smallest absolute Gasteiger partial charge is 0.292 e. The first-order chi connectivity index (χ1) is 13.4. The van der Waals surface area contributed by atoms with Crippen molar-refractivity contribution >= 4 is 40.5 Å². The molecule has 0 radical (unpaired) electrons. The van der Waals surface area contributed by atoms with E-state index >= 15 is 0 Å². The van der Waals surface area contributed by atoms with Crippen molar-refractivity contribution in [1.82, 2.24) is 5.32 Å². The van der Waals surface area contributed by atoms with Crippen LogP contribution in [0, 0.1) is 10.1 Å². The molecule has 2 N–H and O–H groups in total. The van der Waals surface area contributed by atoms with Crippen molar-refractivity contribution in [3.63, 3.8) is 0 Å². The molecule has 2 aromatic rings. The molecule has 1 atom stereocenters. The minimum atomic E-state index is -0.784. The third-order valence-electron chi connectivity index (χ3n) is 4.16. The maximum Gasteiger partial charge on any atom is 0.292 e. The highest BCUT2D eigenvalue weighted by molar-refractivity contribution is 6.31. The lowest BCUT2D eigenvalue weighted by atomic mass is 10.1. The number of nitrogens with one attached hydrogen (secondary N) is 2. The van der Waals surface area contributed by atoms with E-state index in [1.807, 2.05) is 0 Å². The number of fused-ring (bicyclic) bond motifs is 1. The van der Waals surface area contributed by atoms with Crippen LogP contribution < -0.4 is 20.3 Å². The lowest BCUT2D eigenvalue weighted by molar-refractivity contribution is -0.383. The average molecular weight is 405 g/mol. The summed E-state index contributed by atoms with van der Waals surface area (Å²) in [4.78, 5) is 36.8. The topological polar surface area (TPSA) is 114 Å². The molecule has 0 bridgehead atoms. The average Bonchev–Trinajstić information content (AvgIpc) is 2.67. The van der Waals surface area contributed by atoms with Crippen LogP contribution >= 0.6 is 11.6 Å². The van der Waals surface area contributed by atoms with E-state index < -0.39 is 16.9 Å². The molecule has 3 rings (SSSR count). The van der Waals surface area contributed by atoms with Crippen molar-refractivity contribution < 1.29 is 19.2 Å². The van der Waals surface area contributed by atoms with Crippen molar-refractivity contribution in [2.45, 2.75) is 6.10 Å². The van der Waals surface area contributed by atoms with E-state index in [0.29, 0.717) is 11.4 Å². The van der Waals surface area contributed by atoms with Crippen molar-refractivity contribution in [2.24, 2.45) is 0 Å². The molecule has 1 aliphatic heterocycles. The molecule has 0 aliphatic carbocycles. The number of nitrogens with zero attached hydrogens (tertiary/aromatic N) is 2. The summed E-state index contributed by atoms with van der Waals surface area (Å²) in [6.07, 6.45) is -0.784. The molecule has 0 fully saturated rings. The lowest BCUT2D eigenvalue weighted by Gasteiger charge is -2.34. The van der Waals surface area contributed by atoms with Crippen LogP contribution in [0.1, 0.15) is 0 Å². The maximum absolute atomic E-state index is 12.6. The number of ether oxygens (including phenoxy) is 1. The normalized spacial score (nSPS) is 15.2. The molecule has 28 heavy (non-hydrogen) atoms. The van der Waals surface area contributed by atoms with Crippen LogP contribution in [0.3, 0.4) is 0 Å². The van der Waals surface area contributed by atoms with Gasteiger partial charge in [-0.3, -0.25) is 19.7 Å². The van der Waals surface area contributed by atoms with Gasteiger partial charge in [0, 0.05) is 18.1 Å². The van der Waals surface area contributed by atoms with Gasteiger partial charge in [-0.05, 0) is 24.3 Å². The van der Waals surface area contributed by atoms with Crippen molar-refractivity contribution in [1.29, 1.82) is 0 Å². The van der Waals surface area contributed by atoms with E-state index in [-0.39, 0.29) is 35.4 Å². The van der Waals surface area contributed by atoms with Crippen LogP contribution in [-0.2, 0) is 9.59 Å². The quantitative estimate of drug-likeness (QED) is 0.583. The Morgan fingerprint density at radius 1 is 1.32 bits per heavy atom. The van der Waals surface area contributed by atoms with Crippen LogP contribution in [-0.4, -0.2) is 43.0 Å². The van der Waals surface area contributed by atoms with E-state index in [4.69, 9.17) is 16.3 Å². The Morgan fingerprint density at radius 3 is 2.79 bits per heavy atom. The SMILES string of the molecule is CNC(=O)[C@H]1CN(CC(=O)Nc2cc(Cl)ccc2[N+](=O)[O-])c2ccccc2O1. The number of likely N-dealkylation sites (N-methyl/N-ethyl adjacent to an activating group) is 1. The molecule has 1 heterocycles. The molecule has 0 unspecified atom stereocenters. The molecule has 0 spiro atoms. The monoisotopic (exact) mass is 404 g/mol. The number of amides is 2. The van der Waals surface area contributed by atoms with Gasteiger partial charge in [0.05, 0.1) is 23.7 Å². The van der Waals surface area contributed by atoms with E-state index in [9.17, 15) is 19.7 Å². The number of nitro benzene ring substituents is 1. The molecule has 0 aromatic heterocycles. The third kappa shape index (κ3) is 4.15. The summed E-state index contributed by atoms with van der Waals surface area (Å²) in [5.41, 5.74) is 0.397. The highest BCUT2D eigenvalue weighted by atomic mass is 35.5. The zero-order valence-corrected chi connectivity index (χ0v) is 15.6. The Balaban J connectivity index is 1.81. The Kier molecular flexibility index (Phi) is 5.65. The van der Waals surface area contributed by atoms with Crippen molar-refractivity contribution in [3.05, 3.63) is 57.6 Å². The lowest BCUT2D eigenvalue weighted by Crippen LogP contribution is -2.50. The molecule has 2 amide bonds. The fourth-order valence-electron chi connectivity index (χ4n) is 2.88. The summed E-state index contributed by atoms with van der Waals surface area (Å²) < 4.78 is 5.69. The van der Waals surface area contributed by atoms with Gasteiger partial charge in [0.15, 0.2) is 6.10 Å². The van der Waals surface area contributed by atoms with Gasteiger partial charge in [-0.25, -0.2) is 0 Å². The summed E-state index contributed by atoms with van der Waals surface area (Å²) in [5.74, 6) is -0.327. The number of hydrogen-bond acceptors (Lipinski definition) is 6. The Hall–Kier alpha value is -3.33. The number of rotatable bonds is 5. The minimum absolute atomic E-state index is 0.00639. The predicted molar refractivity (Wildman–Crippen MR) is 104 cm³/mol. The van der Waals surface area contributed by atoms with Gasteiger partial charge in [0.2, 0.25) is 5.91 Å². The van der Waals surface area contributed by atoms with Gasteiger partial charge in [-0.2, -0.15) is 0 Å². The first-order valence-electron chi connectivity index (χ1n) is 8.35. The van der Waals surface area contributed by atoms with Gasteiger partial charge in [-0.1, -0.05) is 23.7 Å². The number of halogens is 1. The highest BCUT2D eigenvalue weighted by Gasteiger charge is 2.31. The first-order valence-corrected chi connectivity index (χ1v) is 8.73. The first kappa shape index (κ1) is 19.4. The fraction of sp³-hybridized carbons (Fsp3) is 0.222. The van der Waals surface area contributed by atoms with E-state index in [1.165, 1.54) is 25.2 Å². The van der Waals surface area contributed by atoms with Crippen LogP contribution in [0.4, 0.5) is 17.1 Å². The zero-order chi connectivity index (χ0) is 20.3. The van der Waals surface area contributed by atoms with Gasteiger partial charge < -0.3 is 20.3 Å². The summed E-state index contributed by atoms with van der Waals surface area (Å²) in [6.45, 7) is 0.0271. The largest absolute Gasteiger partial charge is 0.477 e. The van der Waals surface area contributed by atoms with Crippen molar-refractivity contribution in [2.75, 3.05) is 30.4 Å². The molecule has 0 saturated carbocycles. The van der Waals surface area contributed by atoms with Gasteiger partial charge in [0.1, 0.15) is 11.4 Å². The summed E-state index contributed by atoms with van der Waals surface area (Å²) in [5, 5.41) is 16.5. The molecular weight excluding hydrogens is 388 g/mol. The van der Waals surface area contributed by atoms with Crippen LogP contribution in [0.2, 0.25) is 5.02 Å². The highest BCUT2D eigenvalue weighted by Crippen LogP contribution is 2.33. The number of hydrogen-bond donors (Lipinski definition) is 2. The molecule has 10 heteroatoms. The zero-order valence-electron chi connectivity index (χ0n) is 14.8. The molecular formula is C18H17ClN4O5. The van der Waals surface area contributed by atoms with Gasteiger partial charge in [0.25, 0.3) is 11.6 Å². The molecule has 9 nitrogen and oxygen atoms in total. The number of carbonyl (C=O) groups excluding carboxylic acids is 2. The fourth-order valence-corrected chi connectivity index (χ4v) is 3.06. The molecule has 2 aromatic carbocycles. The number of anilines is 2. The molecule has 1 aliphatic rings. The van der Waals surface area contributed by atoms with Gasteiger partial charge >= 0.3 is 0 Å². The summed E-state index contributed by atoms with van der Waals surface area (Å²) >= 11 is 5.89. The van der Waals surface area contributed by atoms with Crippen LogP contribution in [0.25, 0.3) is 0 Å². The molecule has 0 saturated heterocycles. The Labute approximate surface area is 165 Å². The summed E-state index contributed by atoms with van der Waals surface area (Å²) in [7, 11) is 1.50. The second-order valence-corrected chi connectivity index (χ2v) is 6.47. The number of carbonyl (C=O) groups is 2. The van der Waals surface area contributed by atoms with Crippen molar-refractivity contribution in [3.8, 4) is 5.75 Å². The van der Waals surface area contributed by atoms with Crippen LogP contribution in [0.15, 0.2) is 42.5 Å². The molecule has 146 valence electrons. The van der Waals surface area contributed by atoms with E-state index in [2.05, 4.69) is 10.6 Å².